The average Bonchev–Trinajstić information content (AvgIpc) is 1.59. The summed E-state index contributed by atoms with van der Waals surface area (Å²) in [7, 11) is -4.69. The van der Waals surface area contributed by atoms with E-state index in [1.165, 1.54) is 0 Å². The van der Waals surface area contributed by atoms with Crippen molar-refractivity contribution in [3.8, 4) is 0 Å². The van der Waals surface area contributed by atoms with Gasteiger partial charge in [-0.3, -0.25) is 0 Å². The average molecular weight is 312 g/mol. The summed E-state index contributed by atoms with van der Waals surface area (Å²) in [6.07, 6.45) is 0. The number of carbonyl (C=O) groups excluding carboxylic acids is 2. The smallest absolute Gasteiger partial charge is 0.693 e. The Labute approximate surface area is 103 Å². The summed E-state index contributed by atoms with van der Waals surface area (Å²) in [5.41, 5.74) is 0. The van der Waals surface area contributed by atoms with Gasteiger partial charge in [0.1, 0.15) is 0 Å². The Balaban J connectivity index is -0.0000000155. The van der Waals surface area contributed by atoms with E-state index in [4.69, 9.17) is 38.4 Å². The van der Waals surface area contributed by atoms with Gasteiger partial charge in [-0.15, -0.1) is 0 Å². The molecular formula is C2H9ClCoN4O8-3. The van der Waals surface area contributed by atoms with Crippen molar-refractivity contribution in [2.24, 2.45) is 0 Å². The van der Waals surface area contributed by atoms with Crippen LogP contribution in [0.4, 0.5) is 0 Å². The Morgan fingerprint density at radius 1 is 0.812 bits per heavy atom. The van der Waals surface area contributed by atoms with E-state index in [0.717, 1.165) is 0 Å². The molecule has 0 aromatic carbocycles. The van der Waals surface area contributed by atoms with Gasteiger partial charge in [0, 0.05) is 0 Å². The van der Waals surface area contributed by atoms with Crippen molar-refractivity contribution in [3.05, 3.63) is 24.6 Å². The van der Waals surface area contributed by atoms with Gasteiger partial charge in [-0.2, -0.15) is 14.0 Å². The number of carbonyl (C=O) groups is 2. The molecule has 0 bridgehead atoms. The predicted molar refractivity (Wildman–Crippen MR) is 33.4 cm³/mol. The zero-order chi connectivity index (χ0) is 9.65. The van der Waals surface area contributed by atoms with E-state index in [2.05, 4.69) is 0 Å². The first kappa shape index (κ1) is 45.2. The number of halogens is 1. The van der Waals surface area contributed by atoms with Crippen LogP contribution < -0.4 is 24.2 Å². The molecule has 14 heteroatoms. The minimum absolute atomic E-state index is 0. The van der Waals surface area contributed by atoms with Crippen LogP contribution in [0.3, 0.4) is 0 Å². The second-order valence-corrected chi connectivity index (χ2v) is 1.76. The van der Waals surface area contributed by atoms with Gasteiger partial charge in [0.2, 0.25) is 0 Å². The first-order valence-electron chi connectivity index (χ1n) is 1.70. The van der Waals surface area contributed by atoms with Crippen molar-refractivity contribution in [1.82, 2.24) is 0 Å². The van der Waals surface area contributed by atoms with Crippen molar-refractivity contribution >= 4 is 11.9 Å². The summed E-state index contributed by atoms with van der Waals surface area (Å²) in [4.78, 5) is 17.9. The number of carboxylic acids is 2. The van der Waals surface area contributed by atoms with Crippen molar-refractivity contribution in [2.45, 2.75) is 0 Å². The van der Waals surface area contributed by atoms with Crippen LogP contribution in [0.2, 0.25) is 0 Å². The molecule has 0 aromatic rings. The molecule has 0 rings (SSSR count). The van der Waals surface area contributed by atoms with Gasteiger partial charge in [0.15, 0.2) is 0 Å². The second-order valence-electron chi connectivity index (χ2n) is 0.971. The van der Waals surface area contributed by atoms with Gasteiger partial charge in [-0.1, -0.05) is 0 Å². The second kappa shape index (κ2) is 19.9. The zero-order valence-electron chi connectivity index (χ0n) is 7.33. The number of carboxylic acid groups (broad SMARTS) is 2. The molecule has 0 aliphatic carbocycles. The van der Waals surface area contributed by atoms with Crippen molar-refractivity contribution in [1.29, 1.82) is 0 Å². The summed E-state index contributed by atoms with van der Waals surface area (Å²) in [6, 6.07) is 0. The Hall–Kier alpha value is -0.584. The molecule has 0 saturated carbocycles. The van der Waals surface area contributed by atoms with Gasteiger partial charge in [-0.25, -0.2) is 0 Å². The Morgan fingerprint density at radius 2 is 0.875 bits per heavy atom. The molecule has 0 spiro atoms. The SMILES string of the molecule is O=C([O-])C(=O)[O-].[Co+3].[NH2-].[NH2-].[NH2-].[NH2-].[O-][Cl+3]([O-])([O-])O. The summed E-state index contributed by atoms with van der Waals surface area (Å²) in [5, 5.41) is 17.9. The van der Waals surface area contributed by atoms with E-state index in [1.54, 1.807) is 0 Å². The molecule has 0 aromatic heterocycles. The third-order valence-corrected chi connectivity index (χ3v) is 0.167. The summed E-state index contributed by atoms with van der Waals surface area (Å²) in [6.45, 7) is 0. The van der Waals surface area contributed by atoms with E-state index in [-0.39, 0.29) is 41.4 Å². The van der Waals surface area contributed by atoms with Gasteiger partial charge < -0.3 is 44.4 Å². The standard InChI is InChI=1S/C2H2O4.ClHO4.Co.4H2N/c3-1(4)2(5)6;2-1(3,4)5;;;;;/h(H,3,4)(H,5,6);(H,2,3,4,5);;4*1H2/q;;+3;4*-1/p-2. The van der Waals surface area contributed by atoms with Crippen LogP contribution in [0, 0.1) is 10.2 Å². The van der Waals surface area contributed by atoms with E-state index in [0.29, 0.717) is 0 Å². The number of hydrogen-bond acceptors (Lipinski definition) is 8. The number of aliphatic carboxylic acids is 2. The molecule has 0 unspecified atom stereocenters. The first-order chi connectivity index (χ1) is 4.64. The van der Waals surface area contributed by atoms with Crippen molar-refractivity contribution in [3.63, 3.8) is 0 Å². The number of nitrogens with two attached hydrogens (primary N) is 4. The van der Waals surface area contributed by atoms with Crippen LogP contribution >= 0.6 is 0 Å². The third-order valence-electron chi connectivity index (χ3n) is 0.167. The van der Waals surface area contributed by atoms with E-state index >= 15 is 0 Å². The molecule has 0 amide bonds. The topological polar surface area (TPSA) is 304 Å². The Kier molecular flexibility index (Phi) is 56.3. The molecule has 0 atom stereocenters. The monoisotopic (exact) mass is 311 g/mol. The van der Waals surface area contributed by atoms with Crippen molar-refractivity contribution in [2.75, 3.05) is 0 Å². The minimum Gasteiger partial charge on any atom is -0.693 e. The summed E-state index contributed by atoms with van der Waals surface area (Å²) >= 11 is 0. The predicted octanol–water partition coefficient (Wildman–Crippen LogP) is -4.77. The fourth-order valence-corrected chi connectivity index (χ4v) is 0. The van der Waals surface area contributed by atoms with Crippen LogP contribution in [0.5, 0.6) is 0 Å². The molecule has 12 nitrogen and oxygen atoms in total. The van der Waals surface area contributed by atoms with Crippen LogP contribution in [-0.2, 0) is 26.4 Å². The van der Waals surface area contributed by atoms with Crippen LogP contribution in [-0.4, -0.2) is 16.6 Å². The van der Waals surface area contributed by atoms with Gasteiger partial charge in [0.25, 0.3) is 0 Å². The van der Waals surface area contributed by atoms with Gasteiger partial charge >= 0.3 is 16.8 Å². The first-order valence-corrected chi connectivity index (χ1v) is 2.96. The van der Waals surface area contributed by atoms with Crippen molar-refractivity contribution < 1.29 is 65.5 Å². The molecule has 0 heterocycles. The molecule has 0 saturated heterocycles. The normalized spacial score (nSPS) is 6.50. The largest absolute Gasteiger partial charge is 3.00 e. The van der Waals surface area contributed by atoms with Gasteiger partial charge in [-0.05, 0) is 0 Å². The fourth-order valence-electron chi connectivity index (χ4n) is 0. The summed E-state index contributed by atoms with van der Waals surface area (Å²) < 4.78 is 32.7. The molecule has 0 radical (unpaired) electrons. The van der Waals surface area contributed by atoms with Gasteiger partial charge in [0.05, 0.1) is 26.8 Å². The van der Waals surface area contributed by atoms with Crippen LogP contribution in [0.1, 0.15) is 0 Å². The quantitative estimate of drug-likeness (QED) is 0.421. The number of rotatable bonds is 0. The molecule has 0 fully saturated rings. The molecule has 16 heavy (non-hydrogen) atoms. The van der Waals surface area contributed by atoms with Crippen LogP contribution in [0.15, 0.2) is 0 Å². The fraction of sp³-hybridized carbons (Fsp3) is 0. The number of hydrogen-bond donors (Lipinski definition) is 1. The maximum Gasteiger partial charge on any atom is 3.00 e. The maximum atomic E-state index is 8.93. The Morgan fingerprint density at radius 3 is 0.875 bits per heavy atom. The zero-order valence-corrected chi connectivity index (χ0v) is 9.12. The summed E-state index contributed by atoms with van der Waals surface area (Å²) in [5.74, 6) is -4.37. The maximum absolute atomic E-state index is 8.93. The molecule has 0 aliphatic heterocycles. The van der Waals surface area contributed by atoms with E-state index in [1.807, 2.05) is 0 Å². The molecule has 104 valence electrons. The minimum atomic E-state index is -4.69. The van der Waals surface area contributed by atoms with Crippen LogP contribution in [0.25, 0.3) is 24.6 Å². The third kappa shape index (κ3) is 177. The molecular weight excluding hydrogens is 302 g/mol. The van der Waals surface area contributed by atoms with E-state index in [9.17, 15) is 0 Å². The molecule has 0 aliphatic rings. The Bertz CT molecular complexity index is 145. The molecule has 9 N–H and O–H groups in total. The van der Waals surface area contributed by atoms with E-state index < -0.39 is 22.2 Å².